The molecule has 0 rings (SSSR count). The van der Waals surface area contributed by atoms with Crippen molar-refractivity contribution in [1.29, 1.82) is 0 Å². The van der Waals surface area contributed by atoms with E-state index in [0.29, 0.717) is 0 Å². The van der Waals surface area contributed by atoms with E-state index in [4.69, 9.17) is 4.74 Å². The average molecular weight is 159 g/mol. The molecule has 0 fully saturated rings. The number of hydrogen-bond donors (Lipinski definition) is 0. The van der Waals surface area contributed by atoms with Gasteiger partial charge in [-0.1, -0.05) is 13.8 Å². The lowest BCUT2D eigenvalue weighted by Crippen LogP contribution is -2.25. The summed E-state index contributed by atoms with van der Waals surface area (Å²) in [6.07, 6.45) is 2.41. The zero-order valence-electron chi connectivity index (χ0n) is 8.10. The molecule has 0 saturated carbocycles. The fourth-order valence-electron chi connectivity index (χ4n) is 1.18. The summed E-state index contributed by atoms with van der Waals surface area (Å²) in [6.45, 7) is 8.89. The second-order valence-corrected chi connectivity index (χ2v) is 2.78. The first-order valence-corrected chi connectivity index (χ1v) is 4.56. The van der Waals surface area contributed by atoms with Crippen molar-refractivity contribution in [2.45, 2.75) is 26.7 Å². The molecule has 68 valence electrons. The molecule has 0 amide bonds. The van der Waals surface area contributed by atoms with E-state index in [0.717, 1.165) is 19.6 Å². The van der Waals surface area contributed by atoms with Gasteiger partial charge in [-0.05, 0) is 25.9 Å². The van der Waals surface area contributed by atoms with Crippen LogP contribution in [0.4, 0.5) is 0 Å². The van der Waals surface area contributed by atoms with Crippen LogP contribution in [0.5, 0.6) is 0 Å². The number of hydrogen-bond acceptors (Lipinski definition) is 2. The van der Waals surface area contributed by atoms with E-state index in [2.05, 4.69) is 18.7 Å². The monoisotopic (exact) mass is 159 g/mol. The molecule has 0 aromatic carbocycles. The Balaban J connectivity index is 3.20. The summed E-state index contributed by atoms with van der Waals surface area (Å²) in [5.41, 5.74) is 0. The third kappa shape index (κ3) is 6.32. The van der Waals surface area contributed by atoms with Crippen LogP contribution in [0.3, 0.4) is 0 Å². The quantitative estimate of drug-likeness (QED) is 0.525. The van der Waals surface area contributed by atoms with Crippen molar-refractivity contribution in [3.63, 3.8) is 0 Å². The maximum Gasteiger partial charge on any atom is 0.0474 e. The first kappa shape index (κ1) is 10.9. The summed E-state index contributed by atoms with van der Waals surface area (Å²) in [4.78, 5) is 2.46. The van der Waals surface area contributed by atoms with Gasteiger partial charge in [0.1, 0.15) is 0 Å². The normalized spacial score (nSPS) is 10.9. The van der Waals surface area contributed by atoms with Crippen LogP contribution < -0.4 is 0 Å². The molecule has 0 aromatic heterocycles. The van der Waals surface area contributed by atoms with Gasteiger partial charge in [0, 0.05) is 20.3 Å². The number of methoxy groups -OCH3 is 1. The van der Waals surface area contributed by atoms with Crippen molar-refractivity contribution in [2.75, 3.05) is 33.4 Å². The summed E-state index contributed by atoms with van der Waals surface area (Å²) in [5, 5.41) is 0. The van der Waals surface area contributed by atoms with Crippen molar-refractivity contribution in [1.82, 2.24) is 4.90 Å². The van der Waals surface area contributed by atoms with Crippen LogP contribution in [-0.2, 0) is 4.74 Å². The predicted octanol–water partition coefficient (Wildman–Crippen LogP) is 1.75. The lowest BCUT2D eigenvalue weighted by Gasteiger charge is -2.18. The third-order valence-electron chi connectivity index (χ3n) is 1.81. The summed E-state index contributed by atoms with van der Waals surface area (Å²) in [7, 11) is 1.76. The van der Waals surface area contributed by atoms with E-state index >= 15 is 0 Å². The van der Waals surface area contributed by atoms with Crippen molar-refractivity contribution >= 4 is 0 Å². The molecule has 0 aliphatic rings. The Kier molecular flexibility index (Phi) is 7.96. The molecule has 2 heteroatoms. The smallest absolute Gasteiger partial charge is 0.0474 e. The van der Waals surface area contributed by atoms with Crippen LogP contribution in [0.2, 0.25) is 0 Å². The van der Waals surface area contributed by atoms with Gasteiger partial charge in [0.05, 0.1) is 0 Å². The fourth-order valence-corrected chi connectivity index (χ4v) is 1.18. The van der Waals surface area contributed by atoms with Crippen molar-refractivity contribution < 1.29 is 4.74 Å². The lowest BCUT2D eigenvalue weighted by atomic mass is 10.3. The van der Waals surface area contributed by atoms with Gasteiger partial charge in [0.15, 0.2) is 0 Å². The first-order chi connectivity index (χ1) is 5.35. The minimum atomic E-state index is 0.889. The molecule has 0 spiro atoms. The highest BCUT2D eigenvalue weighted by Gasteiger charge is 1.98. The summed E-state index contributed by atoms with van der Waals surface area (Å²) in [5.74, 6) is 0. The topological polar surface area (TPSA) is 12.5 Å². The highest BCUT2D eigenvalue weighted by atomic mass is 16.5. The molecular weight excluding hydrogens is 138 g/mol. The van der Waals surface area contributed by atoms with E-state index in [1.807, 2.05) is 0 Å². The van der Waals surface area contributed by atoms with Gasteiger partial charge >= 0.3 is 0 Å². The first-order valence-electron chi connectivity index (χ1n) is 4.56. The molecule has 0 saturated heterocycles. The van der Waals surface area contributed by atoms with Crippen molar-refractivity contribution in [3.05, 3.63) is 0 Å². The number of ether oxygens (including phenoxy) is 1. The highest BCUT2D eigenvalue weighted by molar-refractivity contribution is 4.53. The van der Waals surface area contributed by atoms with Crippen LogP contribution >= 0.6 is 0 Å². The Bertz CT molecular complexity index is 76.0. The van der Waals surface area contributed by atoms with Gasteiger partial charge in [-0.25, -0.2) is 0 Å². The molecule has 0 aliphatic carbocycles. The second kappa shape index (κ2) is 8.02. The van der Waals surface area contributed by atoms with Gasteiger partial charge in [-0.3, -0.25) is 0 Å². The Labute approximate surface area is 70.5 Å². The highest BCUT2D eigenvalue weighted by Crippen LogP contribution is 1.93. The molecular formula is C9H21NO. The van der Waals surface area contributed by atoms with E-state index in [1.165, 1.54) is 19.5 Å². The summed E-state index contributed by atoms with van der Waals surface area (Å²) < 4.78 is 4.99. The molecule has 0 N–H and O–H groups in total. The van der Waals surface area contributed by atoms with Crippen LogP contribution in [0.25, 0.3) is 0 Å². The van der Waals surface area contributed by atoms with E-state index in [-0.39, 0.29) is 0 Å². The average Bonchev–Trinajstić information content (AvgIpc) is 2.03. The zero-order valence-corrected chi connectivity index (χ0v) is 8.10. The van der Waals surface area contributed by atoms with Crippen LogP contribution in [0, 0.1) is 0 Å². The second-order valence-electron chi connectivity index (χ2n) is 2.78. The van der Waals surface area contributed by atoms with Gasteiger partial charge in [-0.2, -0.15) is 0 Å². The van der Waals surface area contributed by atoms with Gasteiger partial charge in [0.25, 0.3) is 0 Å². The molecule has 0 bridgehead atoms. The van der Waals surface area contributed by atoms with Crippen molar-refractivity contribution in [2.24, 2.45) is 0 Å². The third-order valence-corrected chi connectivity index (χ3v) is 1.81. The van der Waals surface area contributed by atoms with Crippen LogP contribution in [0.15, 0.2) is 0 Å². The maximum atomic E-state index is 4.99. The molecule has 0 aliphatic heterocycles. The predicted molar refractivity (Wildman–Crippen MR) is 48.9 cm³/mol. The van der Waals surface area contributed by atoms with Gasteiger partial charge in [-0.15, -0.1) is 0 Å². The Morgan fingerprint density at radius 1 is 1.18 bits per heavy atom. The maximum absolute atomic E-state index is 4.99. The molecule has 0 aromatic rings. The van der Waals surface area contributed by atoms with Gasteiger partial charge < -0.3 is 9.64 Å². The lowest BCUT2D eigenvalue weighted by molar-refractivity contribution is 0.173. The van der Waals surface area contributed by atoms with E-state index in [9.17, 15) is 0 Å². The molecule has 0 unspecified atom stereocenters. The molecule has 0 atom stereocenters. The summed E-state index contributed by atoms with van der Waals surface area (Å²) >= 11 is 0. The molecule has 11 heavy (non-hydrogen) atoms. The Morgan fingerprint density at radius 3 is 2.36 bits per heavy atom. The number of rotatable bonds is 7. The van der Waals surface area contributed by atoms with Crippen molar-refractivity contribution in [3.8, 4) is 0 Å². The largest absolute Gasteiger partial charge is 0.385 e. The standard InChI is InChI=1S/C9H21NO/c1-4-7-10(5-2)8-6-9-11-3/h4-9H2,1-3H3. The Hall–Kier alpha value is -0.0800. The SMILES string of the molecule is CCCN(CC)CCCOC. The molecule has 0 radical (unpaired) electrons. The van der Waals surface area contributed by atoms with Crippen LogP contribution in [0.1, 0.15) is 26.7 Å². The Morgan fingerprint density at radius 2 is 1.91 bits per heavy atom. The van der Waals surface area contributed by atoms with E-state index in [1.54, 1.807) is 7.11 Å². The minimum Gasteiger partial charge on any atom is -0.385 e. The zero-order chi connectivity index (χ0) is 8.53. The fraction of sp³-hybridized carbons (Fsp3) is 1.00. The van der Waals surface area contributed by atoms with Crippen LogP contribution in [-0.4, -0.2) is 38.3 Å². The minimum absolute atomic E-state index is 0.889. The van der Waals surface area contributed by atoms with E-state index < -0.39 is 0 Å². The number of nitrogens with zero attached hydrogens (tertiary/aromatic N) is 1. The molecule has 0 heterocycles. The van der Waals surface area contributed by atoms with Gasteiger partial charge in [0.2, 0.25) is 0 Å². The summed E-state index contributed by atoms with van der Waals surface area (Å²) in [6, 6.07) is 0. The molecule has 2 nitrogen and oxygen atoms in total.